The first-order valence-electron chi connectivity index (χ1n) is 7.42. The molecule has 0 bridgehead atoms. The predicted octanol–water partition coefficient (Wildman–Crippen LogP) is 3.02. The molecule has 3 rings (SSSR count). The molecule has 1 unspecified atom stereocenters. The van der Waals surface area contributed by atoms with Crippen LogP contribution in [0.25, 0.3) is 10.9 Å². The second kappa shape index (κ2) is 5.33. The van der Waals surface area contributed by atoms with Gasteiger partial charge in [0.05, 0.1) is 11.2 Å². The van der Waals surface area contributed by atoms with Crippen molar-refractivity contribution in [2.75, 3.05) is 0 Å². The highest BCUT2D eigenvalue weighted by atomic mass is 15.3. The molecule has 0 amide bonds. The lowest BCUT2D eigenvalue weighted by Gasteiger charge is -2.17. The summed E-state index contributed by atoms with van der Waals surface area (Å²) < 4.78 is 1.98. The summed E-state index contributed by atoms with van der Waals surface area (Å²) in [7, 11) is 2.02. The van der Waals surface area contributed by atoms with E-state index in [0.29, 0.717) is 6.04 Å². The van der Waals surface area contributed by atoms with E-state index in [-0.39, 0.29) is 0 Å². The van der Waals surface area contributed by atoms with Crippen LogP contribution in [-0.2, 0) is 13.5 Å². The predicted molar refractivity (Wildman–Crippen MR) is 79.0 cm³/mol. The fourth-order valence-corrected chi connectivity index (χ4v) is 3.40. The van der Waals surface area contributed by atoms with Crippen LogP contribution in [0.15, 0.2) is 24.3 Å². The molecule has 102 valence electrons. The fraction of sp³-hybridized carbons (Fsp3) is 0.562. The molecule has 3 heteroatoms. The van der Waals surface area contributed by atoms with Crippen molar-refractivity contribution in [2.24, 2.45) is 18.7 Å². The van der Waals surface area contributed by atoms with Crippen molar-refractivity contribution >= 4 is 10.9 Å². The van der Waals surface area contributed by atoms with Crippen LogP contribution in [0.4, 0.5) is 0 Å². The van der Waals surface area contributed by atoms with Gasteiger partial charge in [-0.05, 0) is 37.7 Å². The number of para-hydroxylation sites is 1. The average molecular weight is 257 g/mol. The SMILES string of the molecule is Cn1nc(CCC(N)C2CCCC2)c2ccccc21. The maximum atomic E-state index is 6.34. The van der Waals surface area contributed by atoms with Gasteiger partial charge in [-0.2, -0.15) is 5.10 Å². The van der Waals surface area contributed by atoms with Crippen LogP contribution in [0.3, 0.4) is 0 Å². The van der Waals surface area contributed by atoms with Gasteiger partial charge in [-0.25, -0.2) is 0 Å². The second-order valence-electron chi connectivity index (χ2n) is 5.83. The molecule has 1 saturated carbocycles. The maximum absolute atomic E-state index is 6.34. The van der Waals surface area contributed by atoms with Gasteiger partial charge in [0, 0.05) is 18.5 Å². The zero-order chi connectivity index (χ0) is 13.2. The van der Waals surface area contributed by atoms with Gasteiger partial charge in [0.25, 0.3) is 0 Å². The van der Waals surface area contributed by atoms with Crippen molar-refractivity contribution in [3.05, 3.63) is 30.0 Å². The molecule has 3 nitrogen and oxygen atoms in total. The molecule has 1 heterocycles. The van der Waals surface area contributed by atoms with Crippen molar-refractivity contribution in [2.45, 2.75) is 44.6 Å². The Kier molecular flexibility index (Phi) is 3.56. The third-order valence-electron chi connectivity index (χ3n) is 4.55. The van der Waals surface area contributed by atoms with E-state index in [2.05, 4.69) is 29.4 Å². The number of fused-ring (bicyclic) bond motifs is 1. The Morgan fingerprint density at radius 3 is 2.84 bits per heavy atom. The van der Waals surface area contributed by atoms with Crippen molar-refractivity contribution in [3.8, 4) is 0 Å². The van der Waals surface area contributed by atoms with E-state index < -0.39 is 0 Å². The highest BCUT2D eigenvalue weighted by Gasteiger charge is 2.22. The van der Waals surface area contributed by atoms with Gasteiger partial charge < -0.3 is 5.73 Å². The molecule has 1 fully saturated rings. The van der Waals surface area contributed by atoms with E-state index in [1.54, 1.807) is 0 Å². The van der Waals surface area contributed by atoms with E-state index in [9.17, 15) is 0 Å². The highest BCUT2D eigenvalue weighted by molar-refractivity contribution is 5.81. The Balaban J connectivity index is 1.71. The first kappa shape index (κ1) is 12.7. The molecule has 2 N–H and O–H groups in total. The molecule has 0 radical (unpaired) electrons. The molecule has 19 heavy (non-hydrogen) atoms. The lowest BCUT2D eigenvalue weighted by molar-refractivity contribution is 0.409. The van der Waals surface area contributed by atoms with Crippen LogP contribution in [0, 0.1) is 5.92 Å². The van der Waals surface area contributed by atoms with Crippen molar-refractivity contribution in [1.29, 1.82) is 0 Å². The summed E-state index contributed by atoms with van der Waals surface area (Å²) in [5, 5.41) is 5.93. The molecule has 1 atom stereocenters. The van der Waals surface area contributed by atoms with Gasteiger partial charge in [-0.3, -0.25) is 4.68 Å². The summed E-state index contributed by atoms with van der Waals surface area (Å²) in [6, 6.07) is 8.80. The number of aryl methyl sites for hydroxylation is 2. The van der Waals surface area contributed by atoms with Crippen LogP contribution < -0.4 is 5.73 Å². The first-order valence-corrected chi connectivity index (χ1v) is 7.42. The van der Waals surface area contributed by atoms with Crippen molar-refractivity contribution in [1.82, 2.24) is 9.78 Å². The lowest BCUT2D eigenvalue weighted by atomic mass is 9.94. The Hall–Kier alpha value is -1.35. The Morgan fingerprint density at radius 2 is 2.05 bits per heavy atom. The summed E-state index contributed by atoms with van der Waals surface area (Å²) >= 11 is 0. The molecular weight excluding hydrogens is 234 g/mol. The zero-order valence-corrected chi connectivity index (χ0v) is 11.7. The number of hydrogen-bond acceptors (Lipinski definition) is 2. The van der Waals surface area contributed by atoms with E-state index >= 15 is 0 Å². The standard InChI is InChI=1S/C16H23N3/c1-19-16-9-5-4-8-13(16)15(18-19)11-10-14(17)12-6-2-3-7-12/h4-5,8-9,12,14H,2-3,6-7,10-11,17H2,1H3. The Bertz CT molecular complexity index is 552. The maximum Gasteiger partial charge on any atom is 0.0703 e. The number of rotatable bonds is 4. The lowest BCUT2D eigenvalue weighted by Crippen LogP contribution is -2.28. The van der Waals surface area contributed by atoms with Gasteiger partial charge >= 0.3 is 0 Å². The minimum Gasteiger partial charge on any atom is -0.327 e. The summed E-state index contributed by atoms with van der Waals surface area (Å²) in [4.78, 5) is 0. The quantitative estimate of drug-likeness (QED) is 0.915. The van der Waals surface area contributed by atoms with Gasteiger partial charge in [0.2, 0.25) is 0 Å². The highest BCUT2D eigenvalue weighted by Crippen LogP contribution is 2.29. The topological polar surface area (TPSA) is 43.8 Å². The Labute approximate surface area is 114 Å². The summed E-state index contributed by atoms with van der Waals surface area (Å²) in [6.07, 6.45) is 7.44. The first-order chi connectivity index (χ1) is 9.25. The van der Waals surface area contributed by atoms with Crippen LogP contribution in [-0.4, -0.2) is 15.8 Å². The van der Waals surface area contributed by atoms with Gasteiger partial charge in [-0.15, -0.1) is 0 Å². The molecule has 1 aromatic carbocycles. The van der Waals surface area contributed by atoms with E-state index in [0.717, 1.165) is 18.8 Å². The van der Waals surface area contributed by atoms with Crippen LogP contribution in [0.5, 0.6) is 0 Å². The van der Waals surface area contributed by atoms with Crippen molar-refractivity contribution < 1.29 is 0 Å². The third-order valence-corrected chi connectivity index (χ3v) is 4.55. The molecule has 1 aromatic heterocycles. The fourth-order valence-electron chi connectivity index (χ4n) is 3.40. The van der Waals surface area contributed by atoms with E-state index in [4.69, 9.17) is 5.73 Å². The van der Waals surface area contributed by atoms with Crippen molar-refractivity contribution in [3.63, 3.8) is 0 Å². The summed E-state index contributed by atoms with van der Waals surface area (Å²) in [5.74, 6) is 0.745. The number of aromatic nitrogens is 2. The van der Waals surface area contributed by atoms with Crippen LogP contribution in [0.2, 0.25) is 0 Å². The molecular formula is C16H23N3. The number of hydrogen-bond donors (Lipinski definition) is 1. The average Bonchev–Trinajstić information content (AvgIpc) is 3.06. The second-order valence-corrected chi connectivity index (χ2v) is 5.83. The largest absolute Gasteiger partial charge is 0.327 e. The monoisotopic (exact) mass is 257 g/mol. The third kappa shape index (κ3) is 2.52. The summed E-state index contributed by atoms with van der Waals surface area (Å²) in [6.45, 7) is 0. The number of nitrogens with two attached hydrogens (primary N) is 1. The minimum atomic E-state index is 0.350. The molecule has 0 aliphatic heterocycles. The van der Waals surface area contributed by atoms with Crippen LogP contribution in [0.1, 0.15) is 37.8 Å². The smallest absolute Gasteiger partial charge is 0.0703 e. The number of nitrogens with zero attached hydrogens (tertiary/aromatic N) is 2. The van der Waals surface area contributed by atoms with Crippen LogP contribution >= 0.6 is 0 Å². The molecule has 0 saturated heterocycles. The normalized spacial score (nSPS) is 18.2. The van der Waals surface area contributed by atoms with E-state index in [1.165, 1.54) is 42.3 Å². The van der Waals surface area contributed by atoms with Gasteiger partial charge in [0.15, 0.2) is 0 Å². The van der Waals surface area contributed by atoms with Gasteiger partial charge in [0.1, 0.15) is 0 Å². The van der Waals surface area contributed by atoms with E-state index in [1.807, 2.05) is 11.7 Å². The molecule has 1 aliphatic rings. The zero-order valence-electron chi connectivity index (χ0n) is 11.7. The molecule has 2 aromatic rings. The molecule has 0 spiro atoms. The Morgan fingerprint density at radius 1 is 1.32 bits per heavy atom. The summed E-state index contributed by atoms with van der Waals surface area (Å²) in [5.41, 5.74) is 8.76. The number of benzene rings is 1. The molecule has 1 aliphatic carbocycles. The minimum absolute atomic E-state index is 0.350. The van der Waals surface area contributed by atoms with Gasteiger partial charge in [-0.1, -0.05) is 31.0 Å².